The van der Waals surface area contributed by atoms with Gasteiger partial charge < -0.3 is 9.73 Å². The molecule has 1 fully saturated rings. The standard InChI is InChI=1S/C15H12ClN3O4/c1-15(11-3-2-8-23-11)13(21)19(14(22)17-15)18-12(20)9-4-6-10(16)7-5-9/h2-8H,1H3,(H,17,22)(H,18,20)/t15-/m1/s1. The van der Waals surface area contributed by atoms with E-state index < -0.39 is 23.4 Å². The van der Waals surface area contributed by atoms with Crippen molar-refractivity contribution < 1.29 is 18.8 Å². The van der Waals surface area contributed by atoms with Crippen LogP contribution in [0.25, 0.3) is 0 Å². The summed E-state index contributed by atoms with van der Waals surface area (Å²) in [6.45, 7) is 1.50. The molecule has 2 N–H and O–H groups in total. The van der Waals surface area contributed by atoms with Gasteiger partial charge in [-0.1, -0.05) is 11.6 Å². The summed E-state index contributed by atoms with van der Waals surface area (Å²) >= 11 is 5.76. The molecule has 3 rings (SSSR count). The average molecular weight is 334 g/mol. The molecule has 2 aromatic rings. The van der Waals surface area contributed by atoms with Crippen LogP contribution in [-0.2, 0) is 10.3 Å². The molecule has 0 radical (unpaired) electrons. The maximum absolute atomic E-state index is 12.5. The molecule has 23 heavy (non-hydrogen) atoms. The molecule has 1 aromatic carbocycles. The topological polar surface area (TPSA) is 91.7 Å². The highest BCUT2D eigenvalue weighted by Gasteiger charge is 2.52. The molecule has 1 aliphatic rings. The Morgan fingerprint density at radius 3 is 2.57 bits per heavy atom. The van der Waals surface area contributed by atoms with Crippen LogP contribution in [-0.4, -0.2) is 22.9 Å². The van der Waals surface area contributed by atoms with Crippen LogP contribution >= 0.6 is 11.6 Å². The van der Waals surface area contributed by atoms with E-state index in [0.717, 1.165) is 0 Å². The van der Waals surface area contributed by atoms with Crippen molar-refractivity contribution in [3.63, 3.8) is 0 Å². The Hall–Kier alpha value is -2.80. The Morgan fingerprint density at radius 2 is 1.96 bits per heavy atom. The molecule has 0 aliphatic carbocycles. The van der Waals surface area contributed by atoms with Crippen molar-refractivity contribution in [3.8, 4) is 0 Å². The minimum atomic E-state index is -1.37. The maximum Gasteiger partial charge on any atom is 0.344 e. The number of benzene rings is 1. The van der Waals surface area contributed by atoms with E-state index in [-0.39, 0.29) is 11.3 Å². The summed E-state index contributed by atoms with van der Waals surface area (Å²) in [7, 11) is 0. The second kappa shape index (κ2) is 5.44. The third-order valence-corrected chi connectivity index (χ3v) is 3.78. The third-order valence-electron chi connectivity index (χ3n) is 3.52. The van der Waals surface area contributed by atoms with Crippen LogP contribution in [0.3, 0.4) is 0 Å². The van der Waals surface area contributed by atoms with Gasteiger partial charge in [0.1, 0.15) is 5.76 Å². The van der Waals surface area contributed by atoms with E-state index in [0.29, 0.717) is 10.0 Å². The third kappa shape index (κ3) is 2.55. The van der Waals surface area contributed by atoms with Gasteiger partial charge >= 0.3 is 6.03 Å². The van der Waals surface area contributed by atoms with Crippen LogP contribution < -0.4 is 10.7 Å². The molecule has 1 aliphatic heterocycles. The quantitative estimate of drug-likeness (QED) is 0.841. The monoisotopic (exact) mass is 333 g/mol. The predicted molar refractivity (Wildman–Crippen MR) is 80.4 cm³/mol. The first-order valence-electron chi connectivity index (χ1n) is 6.69. The zero-order valence-electron chi connectivity index (χ0n) is 12.0. The minimum absolute atomic E-state index is 0.265. The van der Waals surface area contributed by atoms with E-state index in [4.69, 9.17) is 16.0 Å². The molecular formula is C15H12ClN3O4. The van der Waals surface area contributed by atoms with E-state index in [1.54, 1.807) is 12.1 Å². The smallest absolute Gasteiger partial charge is 0.344 e. The molecule has 118 valence electrons. The number of furan rings is 1. The summed E-state index contributed by atoms with van der Waals surface area (Å²) in [6.07, 6.45) is 1.40. The first-order chi connectivity index (χ1) is 10.9. The normalized spacial score (nSPS) is 20.5. The molecule has 8 heteroatoms. The van der Waals surface area contributed by atoms with Crippen LogP contribution in [0.15, 0.2) is 47.1 Å². The lowest BCUT2D eigenvalue weighted by molar-refractivity contribution is -0.133. The first-order valence-corrected chi connectivity index (χ1v) is 7.07. The van der Waals surface area contributed by atoms with Crippen LogP contribution in [0.4, 0.5) is 4.79 Å². The molecule has 2 heterocycles. The Kier molecular flexibility index (Phi) is 3.57. The van der Waals surface area contributed by atoms with Crippen LogP contribution in [0.2, 0.25) is 5.02 Å². The number of amides is 4. The number of carbonyl (C=O) groups excluding carboxylic acids is 3. The van der Waals surface area contributed by atoms with Gasteiger partial charge in [-0.15, -0.1) is 0 Å². The second-order valence-corrected chi connectivity index (χ2v) is 5.56. The number of halogens is 1. The molecular weight excluding hydrogens is 322 g/mol. The van der Waals surface area contributed by atoms with Crippen LogP contribution in [0.5, 0.6) is 0 Å². The molecule has 0 unspecified atom stereocenters. The van der Waals surface area contributed by atoms with Gasteiger partial charge in [0.15, 0.2) is 5.54 Å². The number of hydrogen-bond donors (Lipinski definition) is 2. The predicted octanol–water partition coefficient (Wildman–Crippen LogP) is 2.04. The van der Waals surface area contributed by atoms with E-state index >= 15 is 0 Å². The summed E-state index contributed by atoms with van der Waals surface area (Å²) < 4.78 is 5.20. The summed E-state index contributed by atoms with van der Waals surface area (Å²) in [5.41, 5.74) is 1.18. The van der Waals surface area contributed by atoms with Crippen molar-refractivity contribution in [1.82, 2.24) is 15.8 Å². The van der Waals surface area contributed by atoms with E-state index in [2.05, 4.69) is 10.7 Å². The minimum Gasteiger partial charge on any atom is -0.466 e. The Morgan fingerprint density at radius 1 is 1.26 bits per heavy atom. The molecule has 1 atom stereocenters. The SMILES string of the molecule is C[C@]1(c2ccco2)NC(=O)N(NC(=O)c2ccc(Cl)cc2)C1=O. The lowest BCUT2D eigenvalue weighted by Crippen LogP contribution is -2.47. The van der Waals surface area contributed by atoms with Crippen molar-refractivity contribution in [3.05, 3.63) is 59.0 Å². The number of nitrogens with one attached hydrogen (secondary N) is 2. The summed E-state index contributed by atoms with van der Waals surface area (Å²) in [5, 5.41) is 3.62. The highest BCUT2D eigenvalue weighted by Crippen LogP contribution is 2.28. The first kappa shape index (κ1) is 15.1. The Labute approximate surface area is 136 Å². The van der Waals surface area contributed by atoms with E-state index in [1.165, 1.54) is 37.5 Å². The molecule has 0 saturated carbocycles. The van der Waals surface area contributed by atoms with Crippen molar-refractivity contribution in [1.29, 1.82) is 0 Å². The number of imide groups is 1. The summed E-state index contributed by atoms with van der Waals surface area (Å²) in [6, 6.07) is 8.49. The highest BCUT2D eigenvalue weighted by molar-refractivity contribution is 6.30. The number of hydrazine groups is 1. The molecule has 0 bridgehead atoms. The largest absolute Gasteiger partial charge is 0.466 e. The van der Waals surface area contributed by atoms with Gasteiger partial charge in [-0.2, -0.15) is 5.01 Å². The van der Waals surface area contributed by atoms with Crippen molar-refractivity contribution >= 4 is 29.4 Å². The zero-order valence-corrected chi connectivity index (χ0v) is 12.8. The molecule has 4 amide bonds. The van der Waals surface area contributed by atoms with Gasteiger partial charge in [-0.05, 0) is 43.3 Å². The summed E-state index contributed by atoms with van der Waals surface area (Å²) in [5.74, 6) is -0.965. The zero-order chi connectivity index (χ0) is 16.6. The van der Waals surface area contributed by atoms with E-state index in [1.807, 2.05) is 0 Å². The lowest BCUT2D eigenvalue weighted by atomic mass is 10.00. The fraction of sp³-hybridized carbons (Fsp3) is 0.133. The van der Waals surface area contributed by atoms with Crippen LogP contribution in [0.1, 0.15) is 23.0 Å². The number of urea groups is 1. The Balaban J connectivity index is 1.81. The lowest BCUT2D eigenvalue weighted by Gasteiger charge is -2.19. The fourth-order valence-corrected chi connectivity index (χ4v) is 2.36. The van der Waals surface area contributed by atoms with Crippen molar-refractivity contribution in [2.75, 3.05) is 0 Å². The van der Waals surface area contributed by atoms with Gasteiger partial charge in [-0.3, -0.25) is 15.0 Å². The van der Waals surface area contributed by atoms with Gasteiger partial charge in [-0.25, -0.2) is 4.79 Å². The number of carbonyl (C=O) groups is 3. The fourth-order valence-electron chi connectivity index (χ4n) is 2.24. The highest BCUT2D eigenvalue weighted by atomic mass is 35.5. The van der Waals surface area contributed by atoms with E-state index in [9.17, 15) is 14.4 Å². The molecule has 1 aromatic heterocycles. The Bertz CT molecular complexity index is 773. The maximum atomic E-state index is 12.5. The average Bonchev–Trinajstić information content (AvgIpc) is 3.12. The van der Waals surface area contributed by atoms with Gasteiger partial charge in [0.2, 0.25) is 0 Å². The van der Waals surface area contributed by atoms with Gasteiger partial charge in [0, 0.05) is 10.6 Å². The van der Waals surface area contributed by atoms with Gasteiger partial charge in [0.05, 0.1) is 6.26 Å². The number of nitrogens with zero attached hydrogens (tertiary/aromatic N) is 1. The van der Waals surface area contributed by atoms with Crippen molar-refractivity contribution in [2.24, 2.45) is 0 Å². The second-order valence-electron chi connectivity index (χ2n) is 5.12. The molecule has 0 spiro atoms. The number of rotatable bonds is 3. The number of hydrogen-bond acceptors (Lipinski definition) is 4. The molecule has 1 saturated heterocycles. The summed E-state index contributed by atoms with van der Waals surface area (Å²) in [4.78, 5) is 36.7. The van der Waals surface area contributed by atoms with Crippen LogP contribution in [0, 0.1) is 0 Å². The molecule has 7 nitrogen and oxygen atoms in total. The van der Waals surface area contributed by atoms with Crippen molar-refractivity contribution in [2.45, 2.75) is 12.5 Å². The van der Waals surface area contributed by atoms with Gasteiger partial charge in [0.25, 0.3) is 11.8 Å².